The van der Waals surface area contributed by atoms with Crippen LogP contribution in [0.25, 0.3) is 0 Å². The summed E-state index contributed by atoms with van der Waals surface area (Å²) in [6, 6.07) is 0. The Kier molecular flexibility index (Phi) is 4.30. The van der Waals surface area contributed by atoms with Crippen molar-refractivity contribution in [3.8, 4) is 0 Å². The Morgan fingerprint density at radius 2 is 2.00 bits per heavy atom. The minimum Gasteiger partial charge on any atom is -0.388 e. The molecule has 1 aromatic rings. The Morgan fingerprint density at radius 3 is 2.56 bits per heavy atom. The fraction of sp³-hybridized carbons (Fsp3) is 0.769. The smallest absolute Gasteiger partial charge is 0.132 e. The maximum Gasteiger partial charge on any atom is 0.132 e. The molecule has 0 radical (unpaired) electrons. The van der Waals surface area contributed by atoms with Gasteiger partial charge in [-0.3, -0.25) is 4.68 Å². The number of ether oxygens (including phenoxy) is 1. The highest BCUT2D eigenvalue weighted by Gasteiger charge is 2.30. The zero-order valence-electron chi connectivity index (χ0n) is 11.2. The van der Waals surface area contributed by atoms with Crippen molar-refractivity contribution < 1.29 is 9.84 Å². The number of aliphatic hydroxyl groups excluding tert-OH is 1. The van der Waals surface area contributed by atoms with E-state index in [4.69, 9.17) is 16.3 Å². The van der Waals surface area contributed by atoms with Gasteiger partial charge in [-0.25, -0.2) is 0 Å². The largest absolute Gasteiger partial charge is 0.388 e. The number of hydrogen-bond donors (Lipinski definition) is 1. The summed E-state index contributed by atoms with van der Waals surface area (Å²) in [7, 11) is 1.81. The Morgan fingerprint density at radius 1 is 1.39 bits per heavy atom. The fourth-order valence-corrected chi connectivity index (χ4v) is 2.75. The quantitative estimate of drug-likeness (QED) is 0.920. The van der Waals surface area contributed by atoms with Gasteiger partial charge in [-0.05, 0) is 24.7 Å². The van der Waals surface area contributed by atoms with Gasteiger partial charge in [0.25, 0.3) is 0 Å². The van der Waals surface area contributed by atoms with Crippen LogP contribution < -0.4 is 0 Å². The molecule has 0 aromatic carbocycles. The molecule has 2 rings (SSSR count). The molecule has 0 aliphatic carbocycles. The highest BCUT2D eigenvalue weighted by molar-refractivity contribution is 6.30. The third kappa shape index (κ3) is 2.56. The number of aryl methyl sites for hydroxylation is 1. The van der Waals surface area contributed by atoms with Crippen LogP contribution in [0.3, 0.4) is 0 Å². The van der Waals surface area contributed by atoms with E-state index in [1.54, 1.807) is 4.68 Å². The Hall–Kier alpha value is -0.580. The molecule has 1 aliphatic rings. The molecule has 5 heteroatoms. The topological polar surface area (TPSA) is 47.3 Å². The summed E-state index contributed by atoms with van der Waals surface area (Å²) in [5.74, 6) is 0.478. The van der Waals surface area contributed by atoms with Crippen molar-refractivity contribution in [3.63, 3.8) is 0 Å². The van der Waals surface area contributed by atoms with Gasteiger partial charge < -0.3 is 9.84 Å². The lowest BCUT2D eigenvalue weighted by Gasteiger charge is -2.27. The van der Waals surface area contributed by atoms with Crippen molar-refractivity contribution >= 4 is 11.6 Å². The van der Waals surface area contributed by atoms with Gasteiger partial charge in [-0.15, -0.1) is 0 Å². The van der Waals surface area contributed by atoms with Crippen LogP contribution in [-0.4, -0.2) is 28.1 Å². The van der Waals surface area contributed by atoms with Gasteiger partial charge in [-0.2, -0.15) is 5.10 Å². The first kappa shape index (κ1) is 13.8. The summed E-state index contributed by atoms with van der Waals surface area (Å²) in [6.07, 6.45) is 1.22. The molecule has 1 atom stereocenters. The molecule has 18 heavy (non-hydrogen) atoms. The number of halogens is 1. The average molecular weight is 273 g/mol. The molecule has 1 fully saturated rings. The molecule has 0 bridgehead atoms. The van der Waals surface area contributed by atoms with E-state index < -0.39 is 6.10 Å². The lowest BCUT2D eigenvalue weighted by molar-refractivity contribution is 0.00681. The van der Waals surface area contributed by atoms with Crippen LogP contribution in [0.15, 0.2) is 0 Å². The molecule has 1 aliphatic heterocycles. The molecular weight excluding hydrogens is 252 g/mol. The summed E-state index contributed by atoms with van der Waals surface area (Å²) >= 11 is 6.28. The highest BCUT2D eigenvalue weighted by atomic mass is 35.5. The Bertz CT molecular complexity index is 411. The molecule has 1 N–H and O–H groups in total. The molecule has 1 unspecified atom stereocenters. The van der Waals surface area contributed by atoms with E-state index in [1.165, 1.54) is 0 Å². The molecule has 1 saturated heterocycles. The number of aromatic nitrogens is 2. The van der Waals surface area contributed by atoms with Crippen LogP contribution in [0.1, 0.15) is 50.0 Å². The predicted molar refractivity (Wildman–Crippen MR) is 70.8 cm³/mol. The molecule has 0 saturated carbocycles. The van der Waals surface area contributed by atoms with Gasteiger partial charge in [0.1, 0.15) is 5.15 Å². The van der Waals surface area contributed by atoms with Gasteiger partial charge in [0.05, 0.1) is 11.8 Å². The summed E-state index contributed by atoms with van der Waals surface area (Å²) in [6.45, 7) is 5.57. The van der Waals surface area contributed by atoms with E-state index in [9.17, 15) is 5.11 Å². The van der Waals surface area contributed by atoms with Crippen molar-refractivity contribution in [2.45, 2.75) is 38.7 Å². The Balaban J connectivity index is 2.30. The van der Waals surface area contributed by atoms with Crippen LogP contribution in [0.5, 0.6) is 0 Å². The highest BCUT2D eigenvalue weighted by Crippen LogP contribution is 2.37. The first-order valence-electron chi connectivity index (χ1n) is 6.50. The van der Waals surface area contributed by atoms with Gasteiger partial charge in [0.15, 0.2) is 0 Å². The van der Waals surface area contributed by atoms with Crippen molar-refractivity contribution in [3.05, 3.63) is 16.4 Å². The van der Waals surface area contributed by atoms with Crippen LogP contribution in [0.4, 0.5) is 0 Å². The van der Waals surface area contributed by atoms with E-state index in [0.29, 0.717) is 5.15 Å². The minimum atomic E-state index is -0.535. The van der Waals surface area contributed by atoms with Crippen LogP contribution in [0, 0.1) is 5.92 Å². The summed E-state index contributed by atoms with van der Waals surface area (Å²) in [5.41, 5.74) is 1.71. The van der Waals surface area contributed by atoms with E-state index in [-0.39, 0.29) is 11.8 Å². The fourth-order valence-electron chi connectivity index (χ4n) is 2.51. The molecule has 0 amide bonds. The second-order valence-electron chi connectivity index (χ2n) is 5.26. The van der Waals surface area contributed by atoms with Crippen LogP contribution >= 0.6 is 11.6 Å². The van der Waals surface area contributed by atoms with Gasteiger partial charge in [0.2, 0.25) is 0 Å². The van der Waals surface area contributed by atoms with Gasteiger partial charge >= 0.3 is 0 Å². The summed E-state index contributed by atoms with van der Waals surface area (Å²) in [5, 5.41) is 15.5. The molecule has 2 heterocycles. The zero-order chi connectivity index (χ0) is 13.3. The third-order valence-corrected chi connectivity index (χ3v) is 4.04. The zero-order valence-corrected chi connectivity index (χ0v) is 11.9. The number of aliphatic hydroxyl groups is 1. The number of hydrogen-bond acceptors (Lipinski definition) is 3. The lowest BCUT2D eigenvalue weighted by Crippen LogP contribution is -2.22. The number of nitrogens with zero attached hydrogens (tertiary/aromatic N) is 2. The van der Waals surface area contributed by atoms with Gasteiger partial charge in [0, 0.05) is 25.8 Å². The van der Waals surface area contributed by atoms with Crippen molar-refractivity contribution in [1.82, 2.24) is 9.78 Å². The number of rotatable bonds is 3. The van der Waals surface area contributed by atoms with E-state index in [2.05, 4.69) is 18.9 Å². The first-order chi connectivity index (χ1) is 8.52. The van der Waals surface area contributed by atoms with Crippen molar-refractivity contribution in [1.29, 1.82) is 0 Å². The van der Waals surface area contributed by atoms with Crippen molar-refractivity contribution in [2.75, 3.05) is 13.2 Å². The molecular formula is C13H21ClN2O2. The van der Waals surface area contributed by atoms with Crippen molar-refractivity contribution in [2.24, 2.45) is 13.0 Å². The molecule has 1 aromatic heterocycles. The normalized spacial score (nSPS) is 19.4. The molecule has 102 valence electrons. The Labute approximate surface area is 113 Å². The third-order valence-electron chi connectivity index (χ3n) is 3.60. The standard InChI is InChI=1S/C13H21ClN2O2/c1-8(2)11-10(13(14)16(3)15-11)12(17)9-4-6-18-7-5-9/h8-9,12,17H,4-7H2,1-3H3. The maximum atomic E-state index is 10.6. The second-order valence-corrected chi connectivity index (χ2v) is 5.62. The summed E-state index contributed by atoms with van der Waals surface area (Å²) < 4.78 is 6.98. The first-order valence-corrected chi connectivity index (χ1v) is 6.88. The molecule has 4 nitrogen and oxygen atoms in total. The lowest BCUT2D eigenvalue weighted by atomic mass is 9.88. The minimum absolute atomic E-state index is 0.220. The van der Waals surface area contributed by atoms with E-state index in [0.717, 1.165) is 37.3 Å². The van der Waals surface area contributed by atoms with E-state index >= 15 is 0 Å². The van der Waals surface area contributed by atoms with Gasteiger partial charge in [-0.1, -0.05) is 25.4 Å². The molecule has 0 spiro atoms. The maximum absolute atomic E-state index is 10.6. The monoisotopic (exact) mass is 272 g/mol. The predicted octanol–water partition coefficient (Wildman–Crippen LogP) is 2.66. The van der Waals surface area contributed by atoms with Crippen LogP contribution in [0.2, 0.25) is 5.15 Å². The van der Waals surface area contributed by atoms with E-state index in [1.807, 2.05) is 7.05 Å². The second kappa shape index (κ2) is 5.59. The summed E-state index contributed by atoms with van der Waals surface area (Å²) in [4.78, 5) is 0. The average Bonchev–Trinajstić information content (AvgIpc) is 2.66. The SMILES string of the molecule is CC(C)c1nn(C)c(Cl)c1C(O)C1CCOCC1. The van der Waals surface area contributed by atoms with Crippen LogP contribution in [-0.2, 0) is 11.8 Å².